The van der Waals surface area contributed by atoms with Crippen LogP contribution in [0.2, 0.25) is 0 Å². The van der Waals surface area contributed by atoms with E-state index in [1.54, 1.807) is 54.0 Å². The van der Waals surface area contributed by atoms with Gasteiger partial charge in [0.25, 0.3) is 5.91 Å². The first-order valence-corrected chi connectivity index (χ1v) is 12.1. The molecule has 1 saturated carbocycles. The smallest absolute Gasteiger partial charge is 0.337 e. The number of benzene rings is 2. The molecule has 0 aromatic heterocycles. The van der Waals surface area contributed by atoms with Crippen LogP contribution in [0.15, 0.2) is 53.4 Å². The molecule has 33 heavy (non-hydrogen) atoms. The molecule has 2 aromatic rings. The van der Waals surface area contributed by atoms with E-state index in [9.17, 15) is 19.3 Å². The van der Waals surface area contributed by atoms with Crippen LogP contribution in [0.25, 0.3) is 0 Å². The third kappa shape index (κ3) is 4.72. The van der Waals surface area contributed by atoms with E-state index in [-0.39, 0.29) is 5.41 Å². The lowest BCUT2D eigenvalue weighted by atomic mass is 9.77. The van der Waals surface area contributed by atoms with Gasteiger partial charge in [0.15, 0.2) is 4.90 Å². The molecule has 2 aliphatic rings. The molecular weight excluding hydrogens is 444 g/mol. The second kappa shape index (κ2) is 9.72. The van der Waals surface area contributed by atoms with Crippen molar-refractivity contribution in [1.82, 2.24) is 10.8 Å². The van der Waals surface area contributed by atoms with Crippen LogP contribution in [-0.4, -0.2) is 46.6 Å². The Hall–Kier alpha value is -2.59. The summed E-state index contributed by atoms with van der Waals surface area (Å²) in [5.74, 6) is -0.0795. The van der Waals surface area contributed by atoms with Gasteiger partial charge in [-0.2, -0.15) is 0 Å². The number of carbonyl (C=O) groups excluding carboxylic acids is 2. The van der Waals surface area contributed by atoms with E-state index in [4.69, 9.17) is 9.47 Å². The molecule has 2 aromatic carbocycles. The Bertz CT molecular complexity index is 1010. The standard InChI is InChI=1S/C24H28N2O6S/c1-31-21(27)17-3-2-4-19(15-17)32-18-5-7-20(8-6-18)33(30)24(22(28)26-29)10-9-23(16-24)11-13-25-14-12-23/h2-8,15,25,29H,9-14,16H2,1H3,(H,26,28). The fraction of sp³-hybridized carbons (Fsp3) is 0.417. The summed E-state index contributed by atoms with van der Waals surface area (Å²) in [5, 5.41) is 12.8. The Balaban J connectivity index is 1.52. The highest BCUT2D eigenvalue weighted by molar-refractivity contribution is 7.93. The SMILES string of the molecule is COC(=O)c1cccc(Oc2ccc([S+]([O-])C3(C(=O)NO)CCC4(CCNCC4)C3)cc2)c1. The number of hydrogen-bond acceptors (Lipinski definition) is 7. The van der Waals surface area contributed by atoms with Gasteiger partial charge in [0, 0.05) is 24.0 Å². The first-order chi connectivity index (χ1) is 15.9. The number of nitrogens with one attached hydrogen (secondary N) is 2. The first-order valence-electron chi connectivity index (χ1n) is 10.9. The topological polar surface area (TPSA) is 120 Å². The molecular formula is C24H28N2O6S. The molecule has 0 radical (unpaired) electrons. The van der Waals surface area contributed by atoms with Gasteiger partial charge in [0.1, 0.15) is 11.5 Å². The van der Waals surface area contributed by atoms with Crippen molar-refractivity contribution in [2.75, 3.05) is 20.2 Å². The summed E-state index contributed by atoms with van der Waals surface area (Å²) in [5.41, 5.74) is 2.12. The molecule has 2 unspecified atom stereocenters. The summed E-state index contributed by atoms with van der Waals surface area (Å²) in [6.07, 6.45) is 3.62. The Morgan fingerprint density at radius 2 is 1.79 bits per heavy atom. The summed E-state index contributed by atoms with van der Waals surface area (Å²) >= 11 is -1.65. The van der Waals surface area contributed by atoms with Gasteiger partial charge >= 0.3 is 5.97 Å². The van der Waals surface area contributed by atoms with Crippen molar-refractivity contribution in [2.24, 2.45) is 5.41 Å². The van der Waals surface area contributed by atoms with Crippen molar-refractivity contribution in [3.8, 4) is 11.5 Å². The predicted octanol–water partition coefficient (Wildman–Crippen LogP) is 3.17. The van der Waals surface area contributed by atoms with Crippen LogP contribution >= 0.6 is 0 Å². The van der Waals surface area contributed by atoms with Gasteiger partial charge in [-0.15, -0.1) is 0 Å². The van der Waals surface area contributed by atoms with Gasteiger partial charge in [-0.3, -0.25) is 10.0 Å². The number of piperidine rings is 1. The zero-order valence-corrected chi connectivity index (χ0v) is 19.3. The van der Waals surface area contributed by atoms with Crippen molar-refractivity contribution in [3.05, 3.63) is 54.1 Å². The van der Waals surface area contributed by atoms with E-state index >= 15 is 0 Å². The van der Waals surface area contributed by atoms with Gasteiger partial charge in [0.2, 0.25) is 4.75 Å². The highest BCUT2D eigenvalue weighted by atomic mass is 32.2. The van der Waals surface area contributed by atoms with Crippen LogP contribution in [0, 0.1) is 5.41 Å². The van der Waals surface area contributed by atoms with Crippen LogP contribution in [0.3, 0.4) is 0 Å². The lowest BCUT2D eigenvalue weighted by Crippen LogP contribution is -2.51. The Labute approximate surface area is 195 Å². The van der Waals surface area contributed by atoms with E-state index in [0.717, 1.165) is 32.4 Å². The van der Waals surface area contributed by atoms with Gasteiger partial charge in [0.05, 0.1) is 12.7 Å². The minimum absolute atomic E-state index is 0.0267. The molecule has 1 spiro atoms. The molecule has 1 amide bonds. The molecule has 2 atom stereocenters. The maximum absolute atomic E-state index is 13.6. The second-order valence-corrected chi connectivity index (χ2v) is 10.5. The van der Waals surface area contributed by atoms with Crippen molar-refractivity contribution in [3.63, 3.8) is 0 Å². The Kier molecular flexibility index (Phi) is 6.94. The summed E-state index contributed by atoms with van der Waals surface area (Å²) < 4.78 is 23.0. The zero-order chi connectivity index (χ0) is 23.5. The highest BCUT2D eigenvalue weighted by Crippen LogP contribution is 2.54. The largest absolute Gasteiger partial charge is 0.611 e. The molecule has 3 N–H and O–H groups in total. The van der Waals surface area contributed by atoms with Gasteiger partial charge in [-0.1, -0.05) is 6.07 Å². The number of ether oxygens (including phenoxy) is 2. The minimum Gasteiger partial charge on any atom is -0.611 e. The average molecular weight is 473 g/mol. The quantitative estimate of drug-likeness (QED) is 0.256. The van der Waals surface area contributed by atoms with E-state index in [1.807, 2.05) is 0 Å². The van der Waals surface area contributed by atoms with Crippen LogP contribution in [-0.2, 0) is 20.7 Å². The number of methoxy groups -OCH3 is 1. The number of rotatable bonds is 6. The van der Waals surface area contributed by atoms with Crippen LogP contribution in [0.4, 0.5) is 0 Å². The Morgan fingerprint density at radius 1 is 1.06 bits per heavy atom. The normalized spacial score (nSPS) is 22.5. The predicted molar refractivity (Wildman–Crippen MR) is 122 cm³/mol. The number of esters is 1. The molecule has 0 bridgehead atoms. The van der Waals surface area contributed by atoms with E-state index < -0.39 is 27.8 Å². The molecule has 1 heterocycles. The van der Waals surface area contributed by atoms with E-state index in [1.165, 1.54) is 7.11 Å². The van der Waals surface area contributed by atoms with Crippen molar-refractivity contribution in [1.29, 1.82) is 0 Å². The maximum Gasteiger partial charge on any atom is 0.337 e. The summed E-state index contributed by atoms with van der Waals surface area (Å²) in [7, 11) is 1.32. The fourth-order valence-corrected chi connectivity index (χ4v) is 6.74. The number of hydroxylamine groups is 1. The number of amides is 1. The van der Waals surface area contributed by atoms with Gasteiger partial charge < -0.3 is 19.3 Å². The molecule has 176 valence electrons. The van der Waals surface area contributed by atoms with Crippen molar-refractivity contribution in [2.45, 2.75) is 41.7 Å². The number of carbonyl (C=O) groups is 2. The molecule has 1 saturated heterocycles. The first kappa shape index (κ1) is 23.6. The lowest BCUT2D eigenvalue weighted by molar-refractivity contribution is -0.132. The molecule has 1 aliphatic heterocycles. The molecule has 1 aliphatic carbocycles. The average Bonchev–Trinajstić information content (AvgIpc) is 3.23. The summed E-state index contributed by atoms with van der Waals surface area (Å²) in [4.78, 5) is 25.0. The molecule has 4 rings (SSSR count). The summed E-state index contributed by atoms with van der Waals surface area (Å²) in [6, 6.07) is 13.3. The maximum atomic E-state index is 13.6. The van der Waals surface area contributed by atoms with Crippen LogP contribution in [0.1, 0.15) is 42.5 Å². The Morgan fingerprint density at radius 3 is 2.45 bits per heavy atom. The van der Waals surface area contributed by atoms with Crippen molar-refractivity contribution < 1.29 is 28.8 Å². The van der Waals surface area contributed by atoms with E-state index in [2.05, 4.69) is 5.32 Å². The van der Waals surface area contributed by atoms with Gasteiger partial charge in [-0.25, -0.2) is 10.3 Å². The third-order valence-electron chi connectivity index (χ3n) is 6.78. The van der Waals surface area contributed by atoms with Crippen LogP contribution < -0.4 is 15.5 Å². The molecule has 9 heteroatoms. The third-order valence-corrected chi connectivity index (χ3v) is 8.73. The zero-order valence-electron chi connectivity index (χ0n) is 18.5. The van der Waals surface area contributed by atoms with E-state index in [0.29, 0.717) is 34.8 Å². The highest BCUT2D eigenvalue weighted by Gasteiger charge is 2.60. The second-order valence-electron chi connectivity index (χ2n) is 8.72. The minimum atomic E-state index is -1.65. The fourth-order valence-electron chi connectivity index (χ4n) is 4.97. The van der Waals surface area contributed by atoms with Crippen LogP contribution in [0.5, 0.6) is 11.5 Å². The monoisotopic (exact) mass is 472 g/mol. The lowest BCUT2D eigenvalue weighted by Gasteiger charge is -2.36. The van der Waals surface area contributed by atoms with Crippen molar-refractivity contribution >= 4 is 23.1 Å². The molecule has 8 nitrogen and oxygen atoms in total. The summed E-state index contributed by atoms with van der Waals surface area (Å²) in [6.45, 7) is 1.76. The van der Waals surface area contributed by atoms with Gasteiger partial charge in [-0.05, 0) is 80.2 Å². The number of hydrogen-bond donors (Lipinski definition) is 3. The molecule has 2 fully saturated rings.